The number of sulfonamides is 1. The fourth-order valence-corrected chi connectivity index (χ4v) is 3.69. The number of piperidine rings is 1. The highest BCUT2D eigenvalue weighted by Crippen LogP contribution is 2.23. The molecule has 1 aliphatic heterocycles. The zero-order chi connectivity index (χ0) is 14.0. The fourth-order valence-electron chi connectivity index (χ4n) is 2.13. The second-order valence-corrected chi connectivity index (χ2v) is 6.93. The molecule has 0 aliphatic carbocycles. The lowest BCUT2D eigenvalue weighted by Gasteiger charge is -2.26. The molecular weight excluding hydrogens is 332 g/mol. The minimum atomic E-state index is -3.84. The summed E-state index contributed by atoms with van der Waals surface area (Å²) < 4.78 is 23.2. The van der Waals surface area contributed by atoms with Crippen molar-refractivity contribution in [1.29, 1.82) is 0 Å². The van der Waals surface area contributed by atoms with Crippen LogP contribution in [0.4, 0.5) is 0 Å². The van der Waals surface area contributed by atoms with E-state index in [0.29, 0.717) is 10.0 Å². The lowest BCUT2D eigenvalue weighted by atomic mass is 10.1. The number of halogens is 1. The van der Waals surface area contributed by atoms with Crippen molar-refractivity contribution in [1.82, 2.24) is 4.90 Å². The molecule has 1 saturated heterocycles. The summed E-state index contributed by atoms with van der Waals surface area (Å²) in [5.41, 5.74) is 0.356. The highest BCUT2D eigenvalue weighted by Gasteiger charge is 2.21. The quantitative estimate of drug-likeness (QED) is 0.885. The van der Waals surface area contributed by atoms with Gasteiger partial charge in [-0.3, -0.25) is 4.79 Å². The molecular formula is C12H15BrN2O3S. The molecule has 0 aromatic heterocycles. The SMILES string of the molecule is NS(=O)(=O)c1cc(C(=O)N2CCCCC2)ccc1Br. The van der Waals surface area contributed by atoms with Crippen molar-refractivity contribution in [2.24, 2.45) is 5.14 Å². The third-order valence-corrected chi connectivity index (χ3v) is 5.03. The summed E-state index contributed by atoms with van der Waals surface area (Å²) in [6.45, 7) is 1.44. The Hall–Kier alpha value is -0.920. The van der Waals surface area contributed by atoms with Gasteiger partial charge in [0.25, 0.3) is 5.91 Å². The van der Waals surface area contributed by atoms with E-state index in [-0.39, 0.29) is 10.8 Å². The number of rotatable bonds is 2. The predicted octanol–water partition coefficient (Wildman–Crippen LogP) is 1.72. The molecule has 0 atom stereocenters. The van der Waals surface area contributed by atoms with Crippen molar-refractivity contribution in [3.05, 3.63) is 28.2 Å². The first-order valence-electron chi connectivity index (χ1n) is 6.01. The number of benzene rings is 1. The molecule has 104 valence electrons. The Morgan fingerprint density at radius 1 is 1.21 bits per heavy atom. The van der Waals surface area contributed by atoms with E-state index in [1.807, 2.05) is 0 Å². The normalized spacial score (nSPS) is 16.4. The largest absolute Gasteiger partial charge is 0.339 e. The van der Waals surface area contributed by atoms with E-state index < -0.39 is 10.0 Å². The van der Waals surface area contributed by atoms with E-state index in [2.05, 4.69) is 15.9 Å². The van der Waals surface area contributed by atoms with E-state index in [9.17, 15) is 13.2 Å². The van der Waals surface area contributed by atoms with Gasteiger partial charge in [0, 0.05) is 23.1 Å². The van der Waals surface area contributed by atoms with Gasteiger partial charge in [0.2, 0.25) is 10.0 Å². The van der Waals surface area contributed by atoms with Gasteiger partial charge in [-0.1, -0.05) is 0 Å². The molecule has 0 radical (unpaired) electrons. The number of amides is 1. The maximum atomic E-state index is 12.3. The van der Waals surface area contributed by atoms with Gasteiger partial charge >= 0.3 is 0 Å². The molecule has 19 heavy (non-hydrogen) atoms. The monoisotopic (exact) mass is 346 g/mol. The van der Waals surface area contributed by atoms with E-state index in [1.165, 1.54) is 12.1 Å². The van der Waals surface area contributed by atoms with Crippen LogP contribution >= 0.6 is 15.9 Å². The smallest absolute Gasteiger partial charge is 0.253 e. The summed E-state index contributed by atoms with van der Waals surface area (Å²) >= 11 is 3.13. The minimum Gasteiger partial charge on any atom is -0.339 e. The van der Waals surface area contributed by atoms with Crippen LogP contribution in [0, 0.1) is 0 Å². The number of primary sulfonamides is 1. The number of hydrogen-bond acceptors (Lipinski definition) is 3. The van der Waals surface area contributed by atoms with E-state index in [4.69, 9.17) is 5.14 Å². The van der Waals surface area contributed by atoms with Gasteiger partial charge < -0.3 is 4.90 Å². The molecule has 1 fully saturated rings. The third kappa shape index (κ3) is 3.34. The molecule has 1 amide bonds. The summed E-state index contributed by atoms with van der Waals surface area (Å²) in [5.74, 6) is -0.142. The zero-order valence-electron chi connectivity index (χ0n) is 10.3. The number of likely N-dealkylation sites (tertiary alicyclic amines) is 1. The molecule has 2 rings (SSSR count). The fraction of sp³-hybridized carbons (Fsp3) is 0.417. The Balaban J connectivity index is 2.33. The van der Waals surface area contributed by atoms with Crippen molar-refractivity contribution in [2.75, 3.05) is 13.1 Å². The van der Waals surface area contributed by atoms with Gasteiger partial charge in [-0.15, -0.1) is 0 Å². The molecule has 0 unspecified atom stereocenters. The van der Waals surface area contributed by atoms with Gasteiger partial charge in [-0.05, 0) is 53.4 Å². The lowest BCUT2D eigenvalue weighted by molar-refractivity contribution is 0.0724. The topological polar surface area (TPSA) is 80.5 Å². The molecule has 0 spiro atoms. The summed E-state index contributed by atoms with van der Waals surface area (Å²) in [4.78, 5) is 14.0. The van der Waals surface area contributed by atoms with Crippen LogP contribution in [0.25, 0.3) is 0 Å². The summed E-state index contributed by atoms with van der Waals surface area (Å²) in [5, 5.41) is 5.12. The van der Waals surface area contributed by atoms with Crippen molar-refractivity contribution < 1.29 is 13.2 Å². The molecule has 0 saturated carbocycles. The van der Waals surface area contributed by atoms with E-state index in [0.717, 1.165) is 32.4 Å². The van der Waals surface area contributed by atoms with Crippen LogP contribution in [0.1, 0.15) is 29.6 Å². The Kier molecular flexibility index (Phi) is 4.27. The van der Waals surface area contributed by atoms with Gasteiger partial charge in [0.05, 0.1) is 4.90 Å². The van der Waals surface area contributed by atoms with Gasteiger partial charge in [0.15, 0.2) is 0 Å². The van der Waals surface area contributed by atoms with Crippen molar-refractivity contribution >= 4 is 31.9 Å². The molecule has 0 bridgehead atoms. The van der Waals surface area contributed by atoms with Gasteiger partial charge in [-0.25, -0.2) is 13.6 Å². The minimum absolute atomic E-state index is 0.0599. The first-order chi connectivity index (χ1) is 8.89. The number of hydrogen-bond donors (Lipinski definition) is 1. The van der Waals surface area contributed by atoms with Crippen molar-refractivity contribution in [3.63, 3.8) is 0 Å². The second kappa shape index (κ2) is 5.60. The second-order valence-electron chi connectivity index (χ2n) is 4.54. The lowest BCUT2D eigenvalue weighted by Crippen LogP contribution is -2.35. The highest BCUT2D eigenvalue weighted by molar-refractivity contribution is 9.10. The van der Waals surface area contributed by atoms with E-state index >= 15 is 0 Å². The van der Waals surface area contributed by atoms with E-state index in [1.54, 1.807) is 11.0 Å². The average Bonchev–Trinajstić information content (AvgIpc) is 2.38. The van der Waals surface area contributed by atoms with Crippen LogP contribution in [0.5, 0.6) is 0 Å². The van der Waals surface area contributed by atoms with Crippen LogP contribution in [0.2, 0.25) is 0 Å². The molecule has 1 aromatic rings. The van der Waals surface area contributed by atoms with Gasteiger partial charge in [-0.2, -0.15) is 0 Å². The Morgan fingerprint density at radius 3 is 2.42 bits per heavy atom. The molecule has 1 aromatic carbocycles. The van der Waals surface area contributed by atoms with Crippen LogP contribution in [0.15, 0.2) is 27.6 Å². The Morgan fingerprint density at radius 2 is 1.84 bits per heavy atom. The highest BCUT2D eigenvalue weighted by atomic mass is 79.9. The first kappa shape index (κ1) is 14.5. The summed E-state index contributed by atoms with van der Waals surface area (Å²) in [6, 6.07) is 4.48. The molecule has 5 nitrogen and oxygen atoms in total. The molecule has 1 heterocycles. The van der Waals surface area contributed by atoms with Crippen LogP contribution in [-0.2, 0) is 10.0 Å². The summed E-state index contributed by atoms with van der Waals surface area (Å²) in [7, 11) is -3.84. The first-order valence-corrected chi connectivity index (χ1v) is 8.35. The molecule has 7 heteroatoms. The standard InChI is InChI=1S/C12H15BrN2O3S/c13-10-5-4-9(8-11(10)19(14,17)18)12(16)15-6-2-1-3-7-15/h4-5,8H,1-3,6-7H2,(H2,14,17,18). The average molecular weight is 347 g/mol. The summed E-state index contributed by atoms with van der Waals surface area (Å²) in [6.07, 6.45) is 3.11. The Labute approximate surface area is 121 Å². The predicted molar refractivity (Wildman–Crippen MR) is 75.3 cm³/mol. The van der Waals surface area contributed by atoms with Gasteiger partial charge in [0.1, 0.15) is 0 Å². The van der Waals surface area contributed by atoms with Crippen LogP contribution < -0.4 is 5.14 Å². The maximum Gasteiger partial charge on any atom is 0.253 e. The Bertz CT molecular complexity index is 595. The maximum absolute atomic E-state index is 12.3. The number of carbonyl (C=O) groups is 1. The number of nitrogens with zero attached hydrogens (tertiary/aromatic N) is 1. The molecule has 2 N–H and O–H groups in total. The third-order valence-electron chi connectivity index (χ3n) is 3.13. The number of carbonyl (C=O) groups excluding carboxylic acids is 1. The molecule has 1 aliphatic rings. The zero-order valence-corrected chi connectivity index (χ0v) is 12.7. The van der Waals surface area contributed by atoms with Crippen LogP contribution in [-0.4, -0.2) is 32.3 Å². The van der Waals surface area contributed by atoms with Crippen molar-refractivity contribution in [2.45, 2.75) is 24.2 Å². The van der Waals surface area contributed by atoms with Crippen molar-refractivity contribution in [3.8, 4) is 0 Å². The number of nitrogens with two attached hydrogens (primary N) is 1. The van der Waals surface area contributed by atoms with Crippen LogP contribution in [0.3, 0.4) is 0 Å².